The summed E-state index contributed by atoms with van der Waals surface area (Å²) in [6, 6.07) is 0.757. The average Bonchev–Trinajstić information content (AvgIpc) is 2.79. The Morgan fingerprint density at radius 3 is 2.71 bits per heavy atom. The zero-order chi connectivity index (χ0) is 17.6. The van der Waals surface area contributed by atoms with E-state index in [4.69, 9.17) is 0 Å². The van der Waals surface area contributed by atoms with Crippen LogP contribution in [0, 0.1) is 11.3 Å². The maximum absolute atomic E-state index is 11.7. The topological polar surface area (TPSA) is 32.3 Å². The zero-order valence-electron chi connectivity index (χ0n) is 16.4. The molecular weight excluding hydrogens is 296 g/mol. The quantitative estimate of drug-likeness (QED) is 0.642. The highest BCUT2D eigenvalue weighted by Gasteiger charge is 2.49. The van der Waals surface area contributed by atoms with Crippen LogP contribution < -0.4 is 5.32 Å². The van der Waals surface area contributed by atoms with Gasteiger partial charge in [0.2, 0.25) is 5.91 Å². The van der Waals surface area contributed by atoms with Gasteiger partial charge in [-0.1, -0.05) is 46.1 Å². The van der Waals surface area contributed by atoms with Crippen molar-refractivity contribution in [1.29, 1.82) is 0 Å². The summed E-state index contributed by atoms with van der Waals surface area (Å²) in [5, 5.41) is 2.97. The zero-order valence-corrected chi connectivity index (χ0v) is 16.4. The van der Waals surface area contributed by atoms with Crippen molar-refractivity contribution in [2.45, 2.75) is 91.5 Å². The molecule has 3 nitrogen and oxygen atoms in total. The van der Waals surface area contributed by atoms with Crippen LogP contribution in [0.25, 0.3) is 0 Å². The molecule has 1 saturated heterocycles. The van der Waals surface area contributed by atoms with E-state index in [9.17, 15) is 4.79 Å². The van der Waals surface area contributed by atoms with Gasteiger partial charge in [-0.3, -0.25) is 4.79 Å². The molecule has 1 heterocycles. The fourth-order valence-electron chi connectivity index (χ4n) is 4.99. The summed E-state index contributed by atoms with van der Waals surface area (Å²) in [6.07, 6.45) is 13.0. The summed E-state index contributed by atoms with van der Waals surface area (Å²) >= 11 is 0. The monoisotopic (exact) mass is 334 g/mol. The Morgan fingerprint density at radius 1 is 1.25 bits per heavy atom. The molecule has 0 aromatic rings. The summed E-state index contributed by atoms with van der Waals surface area (Å²) < 4.78 is 0. The van der Waals surface area contributed by atoms with Crippen LogP contribution in [0.4, 0.5) is 0 Å². The number of carbonyl (C=O) groups excluding carboxylic acids is 1. The molecule has 138 valence electrons. The van der Waals surface area contributed by atoms with E-state index in [1.54, 1.807) is 5.70 Å². The van der Waals surface area contributed by atoms with E-state index in [1.165, 1.54) is 38.6 Å². The second-order valence-corrected chi connectivity index (χ2v) is 8.21. The first-order chi connectivity index (χ1) is 11.5. The predicted molar refractivity (Wildman–Crippen MR) is 102 cm³/mol. The normalized spacial score (nSPS) is 27.3. The number of carbonyl (C=O) groups is 1. The van der Waals surface area contributed by atoms with Crippen LogP contribution in [-0.4, -0.2) is 29.9 Å². The molecule has 2 rings (SSSR count). The van der Waals surface area contributed by atoms with E-state index in [1.807, 2.05) is 0 Å². The lowest BCUT2D eigenvalue weighted by Crippen LogP contribution is -2.35. The first-order valence-corrected chi connectivity index (χ1v) is 10.2. The molecule has 3 heteroatoms. The smallest absolute Gasteiger partial charge is 0.219 e. The summed E-state index contributed by atoms with van der Waals surface area (Å²) in [4.78, 5) is 14.4. The van der Waals surface area contributed by atoms with Crippen molar-refractivity contribution in [2.24, 2.45) is 11.3 Å². The fourth-order valence-corrected chi connectivity index (χ4v) is 4.99. The van der Waals surface area contributed by atoms with Gasteiger partial charge < -0.3 is 10.2 Å². The molecule has 0 aromatic heterocycles. The predicted octanol–water partition coefficient (Wildman–Crippen LogP) is 4.88. The minimum absolute atomic E-state index is 0.223. The Bertz CT molecular complexity index is 441. The van der Waals surface area contributed by atoms with Crippen molar-refractivity contribution in [2.75, 3.05) is 13.1 Å². The molecular formula is C21H38N2O. The lowest BCUT2D eigenvalue weighted by atomic mass is 9.71. The molecule has 1 aliphatic carbocycles. The number of allylic oxidation sites excluding steroid dienone is 2. The van der Waals surface area contributed by atoms with E-state index >= 15 is 0 Å². The van der Waals surface area contributed by atoms with Gasteiger partial charge in [-0.2, -0.15) is 0 Å². The Kier molecular flexibility index (Phi) is 7.18. The third-order valence-electron chi connectivity index (χ3n) is 6.17. The van der Waals surface area contributed by atoms with Crippen molar-refractivity contribution in [3.05, 3.63) is 11.8 Å². The third kappa shape index (κ3) is 4.34. The molecule has 2 fully saturated rings. The number of fused-ring (bicyclic) bond motifs is 1. The molecule has 1 aliphatic heterocycles. The molecule has 1 saturated carbocycles. The number of hydrogen-bond acceptors (Lipinski definition) is 2. The lowest BCUT2D eigenvalue weighted by molar-refractivity contribution is -0.121. The molecule has 2 unspecified atom stereocenters. The molecule has 2 aliphatic rings. The Hall–Kier alpha value is -0.990. The standard InChI is InChI=1S/C21H38N2O/c1-5-15-22-20(24)14-8-7-11-16-23-18-13-10-9-12-17(18)21(3,4)19(23)6-2/h6,17-18H,5,7-16H2,1-4H3,(H,22,24)/b19-6+. The first-order valence-electron chi connectivity index (χ1n) is 10.2. The van der Waals surface area contributed by atoms with Crippen LogP contribution >= 0.6 is 0 Å². The highest BCUT2D eigenvalue weighted by molar-refractivity contribution is 5.75. The fraction of sp³-hybridized carbons (Fsp3) is 0.857. The minimum atomic E-state index is 0.223. The highest BCUT2D eigenvalue weighted by atomic mass is 16.1. The molecule has 1 N–H and O–H groups in total. The molecule has 24 heavy (non-hydrogen) atoms. The maximum Gasteiger partial charge on any atom is 0.219 e. The number of unbranched alkanes of at least 4 members (excludes halogenated alkanes) is 2. The Balaban J connectivity index is 1.80. The molecule has 0 aromatic carbocycles. The van der Waals surface area contributed by atoms with Crippen LogP contribution in [0.3, 0.4) is 0 Å². The SMILES string of the molecule is C/C=C1/N(CCCCCC(=O)NCCC)C2CCCCC2C1(C)C. The second-order valence-electron chi connectivity index (χ2n) is 8.21. The van der Waals surface area contributed by atoms with Crippen LogP contribution in [0.2, 0.25) is 0 Å². The summed E-state index contributed by atoms with van der Waals surface area (Å²) in [6.45, 7) is 11.2. The number of amides is 1. The number of hydrogen-bond donors (Lipinski definition) is 1. The van der Waals surface area contributed by atoms with Crippen molar-refractivity contribution in [1.82, 2.24) is 10.2 Å². The molecule has 0 spiro atoms. The van der Waals surface area contributed by atoms with Crippen LogP contribution in [0.5, 0.6) is 0 Å². The average molecular weight is 335 g/mol. The van der Waals surface area contributed by atoms with Gasteiger partial charge >= 0.3 is 0 Å². The van der Waals surface area contributed by atoms with E-state index in [-0.39, 0.29) is 5.91 Å². The minimum Gasteiger partial charge on any atom is -0.371 e. The van der Waals surface area contributed by atoms with Crippen molar-refractivity contribution >= 4 is 5.91 Å². The van der Waals surface area contributed by atoms with Crippen molar-refractivity contribution in [3.8, 4) is 0 Å². The highest BCUT2D eigenvalue weighted by Crippen LogP contribution is 2.53. The van der Waals surface area contributed by atoms with Crippen LogP contribution in [-0.2, 0) is 4.79 Å². The van der Waals surface area contributed by atoms with Gasteiger partial charge in [-0.05, 0) is 44.9 Å². The Morgan fingerprint density at radius 2 is 2.00 bits per heavy atom. The number of nitrogens with one attached hydrogen (secondary N) is 1. The first kappa shape index (κ1) is 19.3. The van der Waals surface area contributed by atoms with Crippen LogP contribution in [0.1, 0.15) is 85.5 Å². The van der Waals surface area contributed by atoms with Gasteiger partial charge in [-0.25, -0.2) is 0 Å². The second kappa shape index (κ2) is 8.92. The Labute approximate surface area is 149 Å². The summed E-state index contributed by atoms with van der Waals surface area (Å²) in [5.74, 6) is 1.05. The number of rotatable bonds is 8. The van der Waals surface area contributed by atoms with Gasteiger partial charge in [0.15, 0.2) is 0 Å². The largest absolute Gasteiger partial charge is 0.371 e. The molecule has 0 bridgehead atoms. The maximum atomic E-state index is 11.7. The number of nitrogens with zero attached hydrogens (tertiary/aromatic N) is 1. The van der Waals surface area contributed by atoms with Gasteiger partial charge in [-0.15, -0.1) is 0 Å². The van der Waals surface area contributed by atoms with E-state index in [2.05, 4.69) is 44.0 Å². The van der Waals surface area contributed by atoms with E-state index in [0.717, 1.165) is 37.8 Å². The molecule has 0 radical (unpaired) electrons. The third-order valence-corrected chi connectivity index (χ3v) is 6.17. The van der Waals surface area contributed by atoms with Gasteiger partial charge in [0, 0.05) is 36.7 Å². The van der Waals surface area contributed by atoms with E-state index in [0.29, 0.717) is 11.8 Å². The van der Waals surface area contributed by atoms with Crippen LogP contribution in [0.15, 0.2) is 11.8 Å². The van der Waals surface area contributed by atoms with Gasteiger partial charge in [0.1, 0.15) is 0 Å². The van der Waals surface area contributed by atoms with E-state index < -0.39 is 0 Å². The van der Waals surface area contributed by atoms with Crippen molar-refractivity contribution in [3.63, 3.8) is 0 Å². The molecule has 1 amide bonds. The van der Waals surface area contributed by atoms with Gasteiger partial charge in [0.25, 0.3) is 0 Å². The molecule has 2 atom stereocenters. The number of likely N-dealkylation sites (tertiary alicyclic amines) is 1. The summed E-state index contributed by atoms with van der Waals surface area (Å²) in [7, 11) is 0. The summed E-state index contributed by atoms with van der Waals surface area (Å²) in [5.41, 5.74) is 1.90. The van der Waals surface area contributed by atoms with Crippen molar-refractivity contribution < 1.29 is 4.79 Å². The lowest BCUT2D eigenvalue weighted by Gasteiger charge is -2.34. The van der Waals surface area contributed by atoms with Gasteiger partial charge in [0.05, 0.1) is 0 Å².